The fourth-order valence-corrected chi connectivity index (χ4v) is 2.66. The van der Waals surface area contributed by atoms with Crippen molar-refractivity contribution in [3.8, 4) is 11.8 Å². The molecule has 0 spiro atoms. The number of hydrogen-bond acceptors (Lipinski definition) is 4. The number of aromatic hydroxyl groups is 1. The van der Waals surface area contributed by atoms with E-state index in [-0.39, 0.29) is 17.1 Å². The van der Waals surface area contributed by atoms with Crippen molar-refractivity contribution < 1.29 is 9.90 Å². The van der Waals surface area contributed by atoms with Gasteiger partial charge in [-0.25, -0.2) is 4.98 Å². The maximum atomic E-state index is 13.0. The Kier molecular flexibility index (Phi) is 5.56. The molecular formula is C20H21N3O2. The molecule has 3 aromatic rings. The predicted octanol–water partition coefficient (Wildman–Crippen LogP) is 4.04. The molecule has 0 amide bonds. The highest BCUT2D eigenvalue weighted by molar-refractivity contribution is 6.09. The number of aromatic nitrogens is 2. The summed E-state index contributed by atoms with van der Waals surface area (Å²) in [5.74, 6) is -0.293. The number of rotatable bonds is 3. The molecule has 5 nitrogen and oxygen atoms in total. The van der Waals surface area contributed by atoms with Gasteiger partial charge in [-0.05, 0) is 43.2 Å². The molecule has 0 bridgehead atoms. The molecule has 1 N–H and O–H groups in total. The fourth-order valence-electron chi connectivity index (χ4n) is 2.66. The van der Waals surface area contributed by atoms with Crippen LogP contribution in [-0.4, -0.2) is 20.3 Å². The minimum atomic E-state index is -0.208. The monoisotopic (exact) mass is 335 g/mol. The summed E-state index contributed by atoms with van der Waals surface area (Å²) in [5.41, 5.74) is 2.89. The largest absolute Gasteiger partial charge is 0.506 e. The maximum absolute atomic E-state index is 13.0. The number of imidazole rings is 1. The average Bonchev–Trinajstić information content (AvgIpc) is 3.03. The molecule has 25 heavy (non-hydrogen) atoms. The van der Waals surface area contributed by atoms with Gasteiger partial charge in [-0.2, -0.15) is 5.26 Å². The second kappa shape index (κ2) is 7.63. The van der Waals surface area contributed by atoms with Crippen molar-refractivity contribution in [3.63, 3.8) is 0 Å². The summed E-state index contributed by atoms with van der Waals surface area (Å²) in [6.45, 7) is 7.61. The number of carbonyl (C=O) groups is 1. The zero-order valence-corrected chi connectivity index (χ0v) is 14.9. The van der Waals surface area contributed by atoms with Crippen LogP contribution in [0.2, 0.25) is 0 Å². The van der Waals surface area contributed by atoms with E-state index < -0.39 is 0 Å². The minimum Gasteiger partial charge on any atom is -0.506 e. The summed E-state index contributed by atoms with van der Waals surface area (Å²) >= 11 is 0. The van der Waals surface area contributed by atoms with Crippen LogP contribution in [-0.2, 0) is 6.42 Å². The number of phenols is 1. The molecular weight excluding hydrogens is 314 g/mol. The third kappa shape index (κ3) is 3.24. The van der Waals surface area contributed by atoms with E-state index in [4.69, 9.17) is 5.26 Å². The summed E-state index contributed by atoms with van der Waals surface area (Å²) in [5, 5.41) is 19.0. The number of fused-ring (bicyclic) bond motifs is 1. The second-order valence-corrected chi connectivity index (χ2v) is 5.32. The molecule has 128 valence electrons. The Balaban J connectivity index is 0.00000109. The first-order valence-corrected chi connectivity index (χ1v) is 8.31. The van der Waals surface area contributed by atoms with Crippen LogP contribution in [0.3, 0.4) is 0 Å². The van der Waals surface area contributed by atoms with Crippen molar-refractivity contribution in [2.24, 2.45) is 0 Å². The highest BCUT2D eigenvalue weighted by atomic mass is 16.3. The number of carbonyl (C=O) groups excluding carboxylic acids is 1. The van der Waals surface area contributed by atoms with Gasteiger partial charge >= 0.3 is 0 Å². The molecule has 0 unspecified atom stereocenters. The summed E-state index contributed by atoms with van der Waals surface area (Å²) in [4.78, 5) is 17.5. The van der Waals surface area contributed by atoms with E-state index in [0.717, 1.165) is 0 Å². The van der Waals surface area contributed by atoms with Gasteiger partial charge in [0.05, 0.1) is 11.3 Å². The minimum absolute atomic E-state index is 0.0853. The van der Waals surface area contributed by atoms with E-state index >= 15 is 0 Å². The van der Waals surface area contributed by atoms with Gasteiger partial charge in [-0.3, -0.25) is 9.20 Å². The van der Waals surface area contributed by atoms with Gasteiger partial charge in [0.2, 0.25) is 5.78 Å². The Bertz CT molecular complexity index is 965. The highest BCUT2D eigenvalue weighted by Crippen LogP contribution is 2.25. The van der Waals surface area contributed by atoms with Gasteiger partial charge in [0.15, 0.2) is 0 Å². The SMILES string of the molecule is CC.CCc1nc2ccccn2c1C(=O)c1cc(C)c(O)c(C#N)c1. The van der Waals surface area contributed by atoms with E-state index in [0.29, 0.717) is 34.6 Å². The van der Waals surface area contributed by atoms with Gasteiger partial charge in [0.1, 0.15) is 23.2 Å². The van der Waals surface area contributed by atoms with E-state index in [1.165, 1.54) is 6.07 Å². The number of ketones is 1. The molecule has 5 heteroatoms. The van der Waals surface area contributed by atoms with Gasteiger partial charge in [0.25, 0.3) is 0 Å². The molecule has 2 aromatic heterocycles. The van der Waals surface area contributed by atoms with Crippen LogP contribution in [0.4, 0.5) is 0 Å². The van der Waals surface area contributed by atoms with Crippen LogP contribution in [0.25, 0.3) is 5.65 Å². The molecule has 0 saturated heterocycles. The standard InChI is InChI=1S/C18H15N3O2.C2H6/c1-3-14-16(21-7-5-4-6-15(21)20-14)18(23)12-8-11(2)17(22)13(9-12)10-19;1-2/h4-9,22H,3H2,1-2H3;1-2H3. The van der Waals surface area contributed by atoms with Gasteiger partial charge < -0.3 is 5.11 Å². The average molecular weight is 335 g/mol. The van der Waals surface area contributed by atoms with Crippen molar-refractivity contribution >= 4 is 11.4 Å². The van der Waals surface area contributed by atoms with Crippen LogP contribution in [0, 0.1) is 18.3 Å². The highest BCUT2D eigenvalue weighted by Gasteiger charge is 2.21. The smallest absolute Gasteiger partial charge is 0.211 e. The van der Waals surface area contributed by atoms with Crippen LogP contribution in [0.15, 0.2) is 36.5 Å². The molecule has 0 aliphatic heterocycles. The molecule has 0 saturated carbocycles. The number of nitrogens with zero attached hydrogens (tertiary/aromatic N) is 3. The van der Waals surface area contributed by atoms with Crippen LogP contribution >= 0.6 is 0 Å². The number of aryl methyl sites for hydroxylation is 2. The Labute approximate surface area is 147 Å². The van der Waals surface area contributed by atoms with Crippen molar-refractivity contribution in [1.82, 2.24) is 9.38 Å². The Morgan fingerprint density at radius 3 is 2.68 bits per heavy atom. The molecule has 0 radical (unpaired) electrons. The first-order valence-electron chi connectivity index (χ1n) is 8.31. The summed E-state index contributed by atoms with van der Waals surface area (Å²) in [7, 11) is 0. The van der Waals surface area contributed by atoms with E-state index in [1.54, 1.807) is 23.6 Å². The molecule has 3 rings (SSSR count). The van der Waals surface area contributed by atoms with E-state index in [2.05, 4.69) is 4.98 Å². The molecule has 2 heterocycles. The first-order chi connectivity index (χ1) is 12.1. The molecule has 0 fully saturated rings. The normalized spacial score (nSPS) is 10.0. The molecule has 0 aliphatic rings. The van der Waals surface area contributed by atoms with Gasteiger partial charge in [-0.15, -0.1) is 0 Å². The Hall–Kier alpha value is -3.13. The number of hydrogen-bond donors (Lipinski definition) is 1. The number of phenolic OH excluding ortho intramolecular Hbond substituents is 1. The van der Waals surface area contributed by atoms with E-state index in [1.807, 2.05) is 45.0 Å². The predicted molar refractivity (Wildman–Crippen MR) is 96.9 cm³/mol. The van der Waals surface area contributed by atoms with E-state index in [9.17, 15) is 9.90 Å². The van der Waals surface area contributed by atoms with Crippen molar-refractivity contribution in [2.75, 3.05) is 0 Å². The van der Waals surface area contributed by atoms with Crippen molar-refractivity contribution in [2.45, 2.75) is 34.1 Å². The zero-order chi connectivity index (χ0) is 18.6. The van der Waals surface area contributed by atoms with Crippen molar-refractivity contribution in [1.29, 1.82) is 5.26 Å². The topological polar surface area (TPSA) is 78.4 Å². The maximum Gasteiger partial charge on any atom is 0.211 e. The Morgan fingerprint density at radius 1 is 1.32 bits per heavy atom. The molecule has 1 aromatic carbocycles. The third-order valence-corrected chi connectivity index (χ3v) is 3.84. The lowest BCUT2D eigenvalue weighted by atomic mass is 10.00. The lowest BCUT2D eigenvalue weighted by molar-refractivity contribution is 0.103. The summed E-state index contributed by atoms with van der Waals surface area (Å²) in [6, 6.07) is 10.5. The second-order valence-electron chi connectivity index (χ2n) is 5.32. The molecule has 0 atom stereocenters. The quantitative estimate of drug-likeness (QED) is 0.733. The lowest BCUT2D eigenvalue weighted by Gasteiger charge is -2.07. The number of benzene rings is 1. The van der Waals surface area contributed by atoms with Crippen molar-refractivity contribution in [3.05, 3.63) is 64.6 Å². The number of pyridine rings is 1. The zero-order valence-electron chi connectivity index (χ0n) is 14.9. The fraction of sp³-hybridized carbons (Fsp3) is 0.250. The molecule has 0 aliphatic carbocycles. The summed E-state index contributed by atoms with van der Waals surface area (Å²) < 4.78 is 1.76. The van der Waals surface area contributed by atoms with Crippen LogP contribution in [0.5, 0.6) is 5.75 Å². The Morgan fingerprint density at radius 2 is 2.04 bits per heavy atom. The van der Waals surface area contributed by atoms with Gasteiger partial charge in [-0.1, -0.05) is 26.8 Å². The first kappa shape index (κ1) is 18.2. The summed E-state index contributed by atoms with van der Waals surface area (Å²) in [6.07, 6.45) is 2.43. The lowest BCUT2D eigenvalue weighted by Crippen LogP contribution is -2.09. The van der Waals surface area contributed by atoms with Crippen LogP contribution in [0.1, 0.15) is 53.6 Å². The van der Waals surface area contributed by atoms with Crippen LogP contribution < -0.4 is 0 Å². The van der Waals surface area contributed by atoms with Gasteiger partial charge in [0, 0.05) is 11.8 Å². The number of nitriles is 1. The third-order valence-electron chi connectivity index (χ3n) is 3.84.